The maximum Gasteiger partial charge on any atom is 0.273 e. The molecule has 0 aliphatic rings. The number of carbonyl (C=O) groups is 1. The molecule has 0 saturated heterocycles. The van der Waals surface area contributed by atoms with Crippen molar-refractivity contribution < 1.29 is 14.6 Å². The third-order valence-corrected chi connectivity index (χ3v) is 3.98. The Morgan fingerprint density at radius 1 is 1.12 bits per heavy atom. The minimum atomic E-state index is -0.541. The van der Waals surface area contributed by atoms with Gasteiger partial charge in [0.15, 0.2) is 0 Å². The highest BCUT2D eigenvalue weighted by atomic mass is 16.6. The number of nitro benzene ring substituents is 2. The SMILES string of the molecule is CCc1cc([N+](=O)[O-])cc(C)c1NC(=O)c1cccc([N+](=O)[O-])c1C. The Kier molecular flexibility index (Phi) is 5.11. The third kappa shape index (κ3) is 3.63. The molecule has 2 aromatic carbocycles. The van der Waals surface area contributed by atoms with E-state index in [-0.39, 0.29) is 22.5 Å². The van der Waals surface area contributed by atoms with Crippen LogP contribution in [0.15, 0.2) is 30.3 Å². The largest absolute Gasteiger partial charge is 0.321 e. The average molecular weight is 343 g/mol. The van der Waals surface area contributed by atoms with Gasteiger partial charge in [0.1, 0.15) is 0 Å². The molecule has 0 radical (unpaired) electrons. The quantitative estimate of drug-likeness (QED) is 0.652. The van der Waals surface area contributed by atoms with Crippen molar-refractivity contribution in [3.05, 3.63) is 72.8 Å². The Balaban J connectivity index is 2.44. The summed E-state index contributed by atoms with van der Waals surface area (Å²) in [4.78, 5) is 33.6. The van der Waals surface area contributed by atoms with Gasteiger partial charge >= 0.3 is 0 Å². The van der Waals surface area contributed by atoms with Gasteiger partial charge in [0.05, 0.1) is 9.85 Å². The highest BCUT2D eigenvalue weighted by Gasteiger charge is 2.20. The number of nitrogens with zero attached hydrogens (tertiary/aromatic N) is 2. The van der Waals surface area contributed by atoms with Gasteiger partial charge < -0.3 is 5.32 Å². The van der Waals surface area contributed by atoms with Crippen LogP contribution in [0.2, 0.25) is 0 Å². The second kappa shape index (κ2) is 7.08. The Bertz CT molecular complexity index is 877. The van der Waals surface area contributed by atoms with Crippen molar-refractivity contribution in [2.24, 2.45) is 0 Å². The van der Waals surface area contributed by atoms with Crippen molar-refractivity contribution in [2.75, 3.05) is 5.32 Å². The van der Waals surface area contributed by atoms with E-state index in [4.69, 9.17) is 0 Å². The van der Waals surface area contributed by atoms with Crippen LogP contribution in [0.4, 0.5) is 17.1 Å². The number of non-ortho nitro benzene ring substituents is 1. The molecule has 0 aliphatic carbocycles. The highest BCUT2D eigenvalue weighted by molar-refractivity contribution is 6.06. The minimum absolute atomic E-state index is 0.0427. The summed E-state index contributed by atoms with van der Waals surface area (Å²) >= 11 is 0. The fourth-order valence-corrected chi connectivity index (χ4v) is 2.65. The first-order valence-electron chi connectivity index (χ1n) is 7.59. The molecular formula is C17H17N3O5. The van der Waals surface area contributed by atoms with Crippen molar-refractivity contribution >= 4 is 23.0 Å². The van der Waals surface area contributed by atoms with Crippen LogP contribution in [0, 0.1) is 34.1 Å². The summed E-state index contributed by atoms with van der Waals surface area (Å²) in [5, 5.41) is 24.7. The molecule has 0 heterocycles. The Morgan fingerprint density at radius 2 is 1.80 bits per heavy atom. The van der Waals surface area contributed by atoms with Gasteiger partial charge in [-0.05, 0) is 37.5 Å². The lowest BCUT2D eigenvalue weighted by Gasteiger charge is -2.14. The van der Waals surface area contributed by atoms with E-state index in [9.17, 15) is 25.0 Å². The molecular weight excluding hydrogens is 326 g/mol. The number of hydrogen-bond acceptors (Lipinski definition) is 5. The van der Waals surface area contributed by atoms with Crippen LogP contribution >= 0.6 is 0 Å². The van der Waals surface area contributed by atoms with Crippen molar-refractivity contribution in [1.82, 2.24) is 0 Å². The molecule has 2 rings (SSSR count). The molecule has 1 N–H and O–H groups in total. The fraction of sp³-hybridized carbons (Fsp3) is 0.235. The number of amides is 1. The number of rotatable bonds is 5. The van der Waals surface area contributed by atoms with E-state index in [0.717, 1.165) is 0 Å². The molecule has 0 aliphatic heterocycles. The number of aryl methyl sites for hydroxylation is 2. The van der Waals surface area contributed by atoms with Gasteiger partial charge in [0.2, 0.25) is 0 Å². The van der Waals surface area contributed by atoms with E-state index >= 15 is 0 Å². The van der Waals surface area contributed by atoms with Gasteiger partial charge in [-0.1, -0.05) is 13.0 Å². The lowest BCUT2D eigenvalue weighted by atomic mass is 10.0. The standard InChI is InChI=1S/C17H17N3O5/c1-4-12-9-13(19(22)23)8-10(2)16(12)18-17(21)14-6-5-7-15(11(14)3)20(24)25/h5-9H,4H2,1-3H3,(H,18,21). The Morgan fingerprint density at radius 3 is 2.36 bits per heavy atom. The second-order valence-electron chi connectivity index (χ2n) is 5.57. The van der Waals surface area contributed by atoms with Crippen LogP contribution in [0.25, 0.3) is 0 Å². The predicted octanol–water partition coefficient (Wildman–Crippen LogP) is 3.93. The van der Waals surface area contributed by atoms with Crippen LogP contribution in [-0.4, -0.2) is 15.8 Å². The smallest absolute Gasteiger partial charge is 0.273 e. The summed E-state index contributed by atoms with van der Waals surface area (Å²) in [5.41, 5.74) is 1.95. The molecule has 2 aromatic rings. The third-order valence-electron chi connectivity index (χ3n) is 3.98. The summed E-state index contributed by atoms with van der Waals surface area (Å²) in [6, 6.07) is 7.09. The highest BCUT2D eigenvalue weighted by Crippen LogP contribution is 2.29. The molecule has 25 heavy (non-hydrogen) atoms. The van der Waals surface area contributed by atoms with Gasteiger partial charge in [-0.15, -0.1) is 0 Å². The topological polar surface area (TPSA) is 115 Å². The first-order valence-corrected chi connectivity index (χ1v) is 7.59. The number of nitro groups is 2. The van der Waals surface area contributed by atoms with Crippen LogP contribution in [0.5, 0.6) is 0 Å². The summed E-state index contributed by atoms with van der Waals surface area (Å²) < 4.78 is 0. The Hall–Kier alpha value is -3.29. The number of nitrogens with one attached hydrogen (secondary N) is 1. The molecule has 8 heteroatoms. The van der Waals surface area contributed by atoms with Crippen LogP contribution in [-0.2, 0) is 6.42 Å². The lowest BCUT2D eigenvalue weighted by Crippen LogP contribution is -2.16. The van der Waals surface area contributed by atoms with Crippen molar-refractivity contribution in [3.63, 3.8) is 0 Å². The normalized spacial score (nSPS) is 10.4. The molecule has 1 amide bonds. The molecule has 0 bridgehead atoms. The van der Waals surface area contributed by atoms with Gasteiger partial charge in [-0.25, -0.2) is 0 Å². The lowest BCUT2D eigenvalue weighted by molar-refractivity contribution is -0.385. The van der Waals surface area contributed by atoms with Gasteiger partial charge in [-0.2, -0.15) is 0 Å². The van der Waals surface area contributed by atoms with E-state index < -0.39 is 15.8 Å². The molecule has 8 nitrogen and oxygen atoms in total. The zero-order valence-electron chi connectivity index (χ0n) is 14.0. The summed E-state index contributed by atoms with van der Waals surface area (Å²) in [6.07, 6.45) is 0.492. The van der Waals surface area contributed by atoms with Gasteiger partial charge in [0, 0.05) is 35.0 Å². The monoisotopic (exact) mass is 343 g/mol. The molecule has 0 saturated carbocycles. The maximum atomic E-state index is 12.6. The number of hydrogen-bond donors (Lipinski definition) is 1. The van der Waals surface area contributed by atoms with Crippen molar-refractivity contribution in [1.29, 1.82) is 0 Å². The number of carbonyl (C=O) groups excluding carboxylic acids is 1. The van der Waals surface area contributed by atoms with E-state index in [1.807, 2.05) is 6.92 Å². The van der Waals surface area contributed by atoms with Crippen LogP contribution in [0.1, 0.15) is 34.0 Å². The van der Waals surface area contributed by atoms with Crippen LogP contribution < -0.4 is 5.32 Å². The summed E-state index contributed by atoms with van der Waals surface area (Å²) in [7, 11) is 0. The van der Waals surface area contributed by atoms with Crippen molar-refractivity contribution in [2.45, 2.75) is 27.2 Å². The molecule has 130 valence electrons. The molecule has 0 atom stereocenters. The Labute approximate surface area is 143 Å². The summed E-state index contributed by atoms with van der Waals surface area (Å²) in [6.45, 7) is 5.01. The minimum Gasteiger partial charge on any atom is -0.321 e. The van der Waals surface area contributed by atoms with E-state index in [2.05, 4.69) is 5.32 Å². The second-order valence-corrected chi connectivity index (χ2v) is 5.57. The zero-order valence-corrected chi connectivity index (χ0v) is 14.0. The maximum absolute atomic E-state index is 12.6. The first kappa shape index (κ1) is 18.1. The van der Waals surface area contributed by atoms with E-state index in [0.29, 0.717) is 23.2 Å². The van der Waals surface area contributed by atoms with Crippen LogP contribution in [0.3, 0.4) is 0 Å². The molecule has 0 spiro atoms. The average Bonchev–Trinajstić information content (AvgIpc) is 2.55. The number of benzene rings is 2. The molecule has 0 fully saturated rings. The van der Waals surface area contributed by atoms with Gasteiger partial charge in [0.25, 0.3) is 17.3 Å². The molecule has 0 aromatic heterocycles. The predicted molar refractivity (Wildman–Crippen MR) is 93.0 cm³/mol. The first-order chi connectivity index (χ1) is 11.8. The number of anilines is 1. The van der Waals surface area contributed by atoms with Gasteiger partial charge in [-0.3, -0.25) is 25.0 Å². The zero-order chi connectivity index (χ0) is 18.7. The molecule has 0 unspecified atom stereocenters. The van der Waals surface area contributed by atoms with E-state index in [1.54, 1.807) is 6.92 Å². The van der Waals surface area contributed by atoms with E-state index in [1.165, 1.54) is 37.3 Å². The summed E-state index contributed by atoms with van der Waals surface area (Å²) in [5.74, 6) is -0.493. The van der Waals surface area contributed by atoms with Crippen molar-refractivity contribution in [3.8, 4) is 0 Å². The fourth-order valence-electron chi connectivity index (χ4n) is 2.65.